The highest BCUT2D eigenvalue weighted by atomic mass is 16.2. The molecule has 32 heavy (non-hydrogen) atoms. The van der Waals surface area contributed by atoms with Crippen LogP contribution in [0.4, 0.5) is 0 Å². The van der Waals surface area contributed by atoms with Gasteiger partial charge in [0, 0.05) is 23.5 Å². The van der Waals surface area contributed by atoms with E-state index < -0.39 is 0 Å². The Hall–Kier alpha value is -3.96. The summed E-state index contributed by atoms with van der Waals surface area (Å²) < 4.78 is 4.59. The molecular weight excluding hydrogens is 412 g/mol. The second-order valence-electron chi connectivity index (χ2n) is 7.98. The van der Waals surface area contributed by atoms with Crippen LogP contribution in [0.1, 0.15) is 53.7 Å². The van der Waals surface area contributed by atoms with Crippen molar-refractivity contribution in [2.24, 2.45) is 0 Å². The van der Waals surface area contributed by atoms with Crippen molar-refractivity contribution in [3.05, 3.63) is 58.4 Å². The molecule has 0 saturated heterocycles. The van der Waals surface area contributed by atoms with Crippen molar-refractivity contribution in [1.29, 1.82) is 0 Å². The average Bonchev–Trinajstić information content (AvgIpc) is 3.45. The third-order valence-corrected chi connectivity index (χ3v) is 5.66. The van der Waals surface area contributed by atoms with Crippen LogP contribution in [0.15, 0.2) is 35.6 Å². The molecule has 1 aliphatic rings. The second kappa shape index (κ2) is 7.94. The summed E-state index contributed by atoms with van der Waals surface area (Å²) in [5.74, 6) is 0.731. The SMILES string of the molecule is Cc1cc(C)n2nc(C(=O)NC3CCC(n4nc(-n5cncn5)ccc4=O)CC3)nc2n1. The van der Waals surface area contributed by atoms with E-state index in [1.165, 1.54) is 28.1 Å². The smallest absolute Gasteiger partial charge is 0.291 e. The maximum absolute atomic E-state index is 12.7. The Balaban J connectivity index is 1.26. The van der Waals surface area contributed by atoms with Gasteiger partial charge in [-0.25, -0.2) is 23.8 Å². The summed E-state index contributed by atoms with van der Waals surface area (Å²) in [5.41, 5.74) is 1.53. The Bertz CT molecular complexity index is 1330. The fourth-order valence-corrected chi connectivity index (χ4v) is 4.10. The Morgan fingerprint density at radius 1 is 1.09 bits per heavy atom. The van der Waals surface area contributed by atoms with E-state index in [1.807, 2.05) is 19.9 Å². The average molecular weight is 434 g/mol. The number of hydrogen-bond acceptors (Lipinski definition) is 8. The van der Waals surface area contributed by atoms with Gasteiger partial charge in [-0.3, -0.25) is 9.59 Å². The molecule has 164 valence electrons. The molecule has 1 fully saturated rings. The van der Waals surface area contributed by atoms with Gasteiger partial charge in [-0.05, 0) is 51.7 Å². The zero-order valence-electron chi connectivity index (χ0n) is 17.7. The van der Waals surface area contributed by atoms with Gasteiger partial charge in [0.15, 0.2) is 5.82 Å². The lowest BCUT2D eigenvalue weighted by Crippen LogP contribution is -2.40. The van der Waals surface area contributed by atoms with Gasteiger partial charge < -0.3 is 5.32 Å². The normalized spacial score (nSPS) is 18.7. The van der Waals surface area contributed by atoms with Crippen molar-refractivity contribution in [3.63, 3.8) is 0 Å². The zero-order valence-corrected chi connectivity index (χ0v) is 17.7. The van der Waals surface area contributed by atoms with Crippen LogP contribution in [0.3, 0.4) is 0 Å². The molecule has 4 aromatic heterocycles. The molecule has 4 aromatic rings. The number of carbonyl (C=O) groups is 1. The Morgan fingerprint density at radius 3 is 2.66 bits per heavy atom. The van der Waals surface area contributed by atoms with Gasteiger partial charge in [-0.15, -0.1) is 10.2 Å². The van der Waals surface area contributed by atoms with Crippen molar-refractivity contribution in [1.82, 2.24) is 49.4 Å². The number of nitrogens with one attached hydrogen (secondary N) is 1. The molecular formula is C20H22N10O2. The van der Waals surface area contributed by atoms with Gasteiger partial charge in [-0.1, -0.05) is 0 Å². The van der Waals surface area contributed by atoms with Gasteiger partial charge in [0.2, 0.25) is 5.82 Å². The molecule has 1 amide bonds. The van der Waals surface area contributed by atoms with Gasteiger partial charge >= 0.3 is 0 Å². The molecule has 1 saturated carbocycles. The van der Waals surface area contributed by atoms with Crippen molar-refractivity contribution in [2.75, 3.05) is 0 Å². The lowest BCUT2D eigenvalue weighted by atomic mass is 9.91. The number of aromatic nitrogens is 9. The molecule has 1 aliphatic carbocycles. The number of aryl methyl sites for hydroxylation is 2. The summed E-state index contributed by atoms with van der Waals surface area (Å²) in [6.07, 6.45) is 5.84. The largest absolute Gasteiger partial charge is 0.347 e. The Morgan fingerprint density at radius 2 is 1.91 bits per heavy atom. The molecule has 0 radical (unpaired) electrons. The van der Waals surface area contributed by atoms with E-state index in [1.54, 1.807) is 10.6 Å². The van der Waals surface area contributed by atoms with E-state index in [-0.39, 0.29) is 29.4 Å². The van der Waals surface area contributed by atoms with E-state index in [0.717, 1.165) is 37.1 Å². The summed E-state index contributed by atoms with van der Waals surface area (Å²) in [6, 6.07) is 4.94. The van der Waals surface area contributed by atoms with Crippen LogP contribution in [0.5, 0.6) is 0 Å². The van der Waals surface area contributed by atoms with E-state index in [4.69, 9.17) is 0 Å². The predicted octanol–water partition coefficient (Wildman–Crippen LogP) is 0.792. The first kappa shape index (κ1) is 20.0. The second-order valence-corrected chi connectivity index (χ2v) is 7.98. The number of hydrogen-bond donors (Lipinski definition) is 1. The van der Waals surface area contributed by atoms with Crippen LogP contribution in [0.2, 0.25) is 0 Å². The molecule has 0 aromatic carbocycles. The van der Waals surface area contributed by atoms with Crippen molar-refractivity contribution < 1.29 is 4.79 Å². The summed E-state index contributed by atoms with van der Waals surface area (Å²) >= 11 is 0. The standard InChI is InChI=1S/C20H22N10O2/c1-12-9-13(2)29-20(23-12)25-18(27-29)19(32)24-14-3-5-15(6-4-14)30-17(31)8-7-16(26-30)28-11-21-10-22-28/h7-11,14-15H,3-6H2,1-2H3,(H,24,32). The third kappa shape index (κ3) is 3.74. The highest BCUT2D eigenvalue weighted by Crippen LogP contribution is 2.27. The lowest BCUT2D eigenvalue weighted by molar-refractivity contribution is 0.0911. The number of rotatable bonds is 4. The van der Waals surface area contributed by atoms with E-state index >= 15 is 0 Å². The number of carbonyl (C=O) groups excluding carboxylic acids is 1. The summed E-state index contributed by atoms with van der Waals surface area (Å²) in [5, 5.41) is 15.8. The minimum atomic E-state index is -0.320. The van der Waals surface area contributed by atoms with Crippen LogP contribution in [-0.2, 0) is 0 Å². The molecule has 5 rings (SSSR count). The number of fused-ring (bicyclic) bond motifs is 1. The van der Waals surface area contributed by atoms with Gasteiger partial charge in [-0.2, -0.15) is 10.1 Å². The zero-order chi connectivity index (χ0) is 22.2. The first-order chi connectivity index (χ1) is 15.5. The fourth-order valence-electron chi connectivity index (χ4n) is 4.10. The molecule has 0 unspecified atom stereocenters. The molecule has 0 bridgehead atoms. The Labute approximate surface area is 182 Å². The quantitative estimate of drug-likeness (QED) is 0.498. The maximum Gasteiger partial charge on any atom is 0.291 e. The van der Waals surface area contributed by atoms with Crippen LogP contribution in [0, 0.1) is 13.8 Å². The first-order valence-corrected chi connectivity index (χ1v) is 10.4. The summed E-state index contributed by atoms with van der Waals surface area (Å²) in [4.78, 5) is 37.6. The highest BCUT2D eigenvalue weighted by molar-refractivity contribution is 5.91. The fraction of sp³-hybridized carbons (Fsp3) is 0.400. The molecule has 12 heteroatoms. The molecule has 0 atom stereocenters. The third-order valence-electron chi connectivity index (χ3n) is 5.66. The molecule has 0 spiro atoms. The van der Waals surface area contributed by atoms with Crippen molar-refractivity contribution in [3.8, 4) is 5.82 Å². The van der Waals surface area contributed by atoms with Crippen molar-refractivity contribution in [2.45, 2.75) is 51.6 Å². The van der Waals surface area contributed by atoms with E-state index in [2.05, 4.69) is 35.6 Å². The molecule has 4 heterocycles. The predicted molar refractivity (Wildman–Crippen MR) is 112 cm³/mol. The van der Waals surface area contributed by atoms with Crippen LogP contribution < -0.4 is 10.9 Å². The monoisotopic (exact) mass is 434 g/mol. The highest BCUT2D eigenvalue weighted by Gasteiger charge is 2.26. The number of amides is 1. The van der Waals surface area contributed by atoms with Gasteiger partial charge in [0.25, 0.3) is 17.2 Å². The van der Waals surface area contributed by atoms with Crippen LogP contribution >= 0.6 is 0 Å². The minimum Gasteiger partial charge on any atom is -0.347 e. The Kier molecular flexibility index (Phi) is 4.96. The minimum absolute atomic E-state index is 0.0182. The van der Waals surface area contributed by atoms with Crippen molar-refractivity contribution >= 4 is 11.7 Å². The topological polar surface area (TPSA) is 138 Å². The van der Waals surface area contributed by atoms with Gasteiger partial charge in [0.1, 0.15) is 12.7 Å². The number of nitrogens with zero attached hydrogens (tertiary/aromatic N) is 9. The van der Waals surface area contributed by atoms with Gasteiger partial charge in [0.05, 0.1) is 6.04 Å². The summed E-state index contributed by atoms with van der Waals surface area (Å²) in [6.45, 7) is 3.77. The van der Waals surface area contributed by atoms with Crippen LogP contribution in [0.25, 0.3) is 11.6 Å². The first-order valence-electron chi connectivity index (χ1n) is 10.4. The molecule has 1 N–H and O–H groups in total. The van der Waals surface area contributed by atoms with Crippen LogP contribution in [-0.4, -0.2) is 56.1 Å². The van der Waals surface area contributed by atoms with E-state index in [0.29, 0.717) is 11.6 Å². The summed E-state index contributed by atoms with van der Waals surface area (Å²) in [7, 11) is 0. The molecule has 0 aliphatic heterocycles. The van der Waals surface area contributed by atoms with E-state index in [9.17, 15) is 9.59 Å². The maximum atomic E-state index is 12.7. The lowest BCUT2D eigenvalue weighted by Gasteiger charge is -2.29. The molecule has 12 nitrogen and oxygen atoms in total.